The fourth-order valence-electron chi connectivity index (χ4n) is 1.21. The summed E-state index contributed by atoms with van der Waals surface area (Å²) in [5.41, 5.74) is 0.984. The molecule has 0 aromatic carbocycles. The second-order valence-corrected chi connectivity index (χ2v) is 2.88. The summed E-state index contributed by atoms with van der Waals surface area (Å²) in [7, 11) is 0. The lowest BCUT2D eigenvalue weighted by Gasteiger charge is -2.01. The molecule has 2 heterocycles. The molecule has 0 bridgehead atoms. The molecule has 0 saturated heterocycles. The molecular weight excluding hydrogens is 194 g/mol. The van der Waals surface area contributed by atoms with Crippen molar-refractivity contribution in [3.8, 4) is 0 Å². The molecule has 0 amide bonds. The van der Waals surface area contributed by atoms with Crippen molar-refractivity contribution in [3.05, 3.63) is 30.4 Å². The van der Waals surface area contributed by atoms with E-state index in [1.807, 2.05) is 0 Å². The van der Waals surface area contributed by atoms with Crippen LogP contribution in [0.2, 0.25) is 0 Å². The minimum Gasteiger partial charge on any atom is -0.462 e. The molecule has 0 fully saturated rings. The minimum atomic E-state index is -0.379. The first kappa shape index (κ1) is 9.51. The zero-order valence-corrected chi connectivity index (χ0v) is 8.17. The van der Waals surface area contributed by atoms with E-state index in [1.54, 1.807) is 19.2 Å². The van der Waals surface area contributed by atoms with Gasteiger partial charge in [0.1, 0.15) is 6.33 Å². The zero-order valence-electron chi connectivity index (χ0n) is 8.17. The number of nitrogens with zero attached hydrogens (tertiary/aromatic N) is 3. The third kappa shape index (κ3) is 1.90. The first-order valence-electron chi connectivity index (χ1n) is 4.54. The Hall–Kier alpha value is -2.04. The molecule has 0 atom stereocenters. The van der Waals surface area contributed by atoms with Crippen molar-refractivity contribution in [2.75, 3.05) is 6.61 Å². The number of esters is 1. The van der Waals surface area contributed by atoms with Gasteiger partial charge in [0.25, 0.3) is 0 Å². The summed E-state index contributed by atoms with van der Waals surface area (Å²) < 4.78 is 4.86. The highest BCUT2D eigenvalue weighted by Gasteiger charge is 2.07. The third-order valence-corrected chi connectivity index (χ3v) is 1.87. The van der Waals surface area contributed by atoms with Crippen LogP contribution >= 0.6 is 0 Å². The Morgan fingerprint density at radius 3 is 3.07 bits per heavy atom. The Balaban J connectivity index is 2.42. The van der Waals surface area contributed by atoms with E-state index < -0.39 is 0 Å². The summed E-state index contributed by atoms with van der Waals surface area (Å²) in [6.07, 6.45) is 4.48. The molecule has 76 valence electrons. The predicted molar refractivity (Wildman–Crippen MR) is 53.3 cm³/mol. The Kier molecular flexibility index (Phi) is 2.53. The van der Waals surface area contributed by atoms with Gasteiger partial charge in [-0.2, -0.15) is 0 Å². The molecule has 15 heavy (non-hydrogen) atoms. The van der Waals surface area contributed by atoms with E-state index in [2.05, 4.69) is 15.0 Å². The van der Waals surface area contributed by atoms with Crippen LogP contribution in [0.25, 0.3) is 11.0 Å². The molecule has 0 aliphatic carbocycles. The smallest absolute Gasteiger partial charge is 0.339 e. The van der Waals surface area contributed by atoms with Gasteiger partial charge in [0, 0.05) is 17.8 Å². The van der Waals surface area contributed by atoms with Gasteiger partial charge >= 0.3 is 5.97 Å². The highest BCUT2D eigenvalue weighted by atomic mass is 16.5. The van der Waals surface area contributed by atoms with Crippen LogP contribution < -0.4 is 0 Å². The molecule has 0 aliphatic rings. The Morgan fingerprint density at radius 2 is 2.27 bits per heavy atom. The van der Waals surface area contributed by atoms with Gasteiger partial charge in [0.05, 0.1) is 12.2 Å². The SMILES string of the molecule is CCOC(=O)c1cnc2ncncc2c1. The number of pyridine rings is 1. The number of hydrogen-bond acceptors (Lipinski definition) is 5. The number of hydrogen-bond donors (Lipinski definition) is 0. The maximum atomic E-state index is 11.4. The summed E-state index contributed by atoms with van der Waals surface area (Å²) in [5, 5.41) is 0.725. The summed E-state index contributed by atoms with van der Waals surface area (Å²) in [6.45, 7) is 2.11. The number of carbonyl (C=O) groups excluding carboxylic acids is 1. The zero-order chi connectivity index (χ0) is 10.7. The van der Waals surface area contributed by atoms with Crippen molar-refractivity contribution in [3.63, 3.8) is 0 Å². The highest BCUT2D eigenvalue weighted by molar-refractivity contribution is 5.92. The molecule has 2 aromatic rings. The topological polar surface area (TPSA) is 65.0 Å². The van der Waals surface area contributed by atoms with Crippen molar-refractivity contribution in [1.29, 1.82) is 0 Å². The lowest BCUT2D eigenvalue weighted by molar-refractivity contribution is 0.0526. The minimum absolute atomic E-state index is 0.349. The van der Waals surface area contributed by atoms with E-state index in [0.29, 0.717) is 17.8 Å². The van der Waals surface area contributed by atoms with Crippen molar-refractivity contribution < 1.29 is 9.53 Å². The second kappa shape index (κ2) is 4.00. The quantitative estimate of drug-likeness (QED) is 0.686. The van der Waals surface area contributed by atoms with Gasteiger partial charge in [-0.1, -0.05) is 0 Å². The molecule has 0 aliphatic heterocycles. The molecular formula is C10H9N3O2. The lowest BCUT2D eigenvalue weighted by atomic mass is 10.2. The van der Waals surface area contributed by atoms with E-state index in [9.17, 15) is 4.79 Å². The molecule has 0 N–H and O–H groups in total. The van der Waals surface area contributed by atoms with Crippen molar-refractivity contribution in [1.82, 2.24) is 15.0 Å². The van der Waals surface area contributed by atoms with Gasteiger partial charge < -0.3 is 4.74 Å². The van der Waals surface area contributed by atoms with Crippen LogP contribution in [0, 0.1) is 0 Å². The van der Waals surface area contributed by atoms with Crippen molar-refractivity contribution in [2.24, 2.45) is 0 Å². The molecule has 5 nitrogen and oxygen atoms in total. The fourth-order valence-corrected chi connectivity index (χ4v) is 1.21. The van der Waals surface area contributed by atoms with E-state index in [4.69, 9.17) is 4.74 Å². The van der Waals surface area contributed by atoms with E-state index in [1.165, 1.54) is 12.5 Å². The summed E-state index contributed by atoms with van der Waals surface area (Å²) in [4.78, 5) is 23.2. The van der Waals surface area contributed by atoms with Gasteiger partial charge in [-0.15, -0.1) is 0 Å². The normalized spacial score (nSPS) is 10.2. The molecule has 2 aromatic heterocycles. The number of carbonyl (C=O) groups is 1. The van der Waals surface area contributed by atoms with Crippen LogP contribution in [0.1, 0.15) is 17.3 Å². The summed E-state index contributed by atoms with van der Waals surface area (Å²) >= 11 is 0. The lowest BCUT2D eigenvalue weighted by Crippen LogP contribution is -2.05. The van der Waals surface area contributed by atoms with Crippen LogP contribution in [-0.4, -0.2) is 27.5 Å². The number of ether oxygens (including phenoxy) is 1. The van der Waals surface area contributed by atoms with E-state index >= 15 is 0 Å². The largest absolute Gasteiger partial charge is 0.462 e. The summed E-state index contributed by atoms with van der Waals surface area (Å²) in [6, 6.07) is 1.67. The monoisotopic (exact) mass is 203 g/mol. The maximum absolute atomic E-state index is 11.4. The molecule has 0 unspecified atom stereocenters. The van der Waals surface area contributed by atoms with E-state index in [-0.39, 0.29) is 5.97 Å². The highest BCUT2D eigenvalue weighted by Crippen LogP contribution is 2.09. The van der Waals surface area contributed by atoms with Crippen LogP contribution in [0.15, 0.2) is 24.8 Å². The Labute approximate surface area is 86.1 Å². The standard InChI is InChI=1S/C10H9N3O2/c1-2-15-10(14)8-3-7-4-11-6-13-9(7)12-5-8/h3-6H,2H2,1H3. The van der Waals surface area contributed by atoms with Gasteiger partial charge in [0.2, 0.25) is 0 Å². The first-order chi connectivity index (χ1) is 7.31. The fraction of sp³-hybridized carbons (Fsp3) is 0.200. The van der Waals surface area contributed by atoms with E-state index in [0.717, 1.165) is 5.39 Å². The Morgan fingerprint density at radius 1 is 1.40 bits per heavy atom. The molecule has 0 radical (unpaired) electrons. The van der Waals surface area contributed by atoms with Gasteiger partial charge in [-0.05, 0) is 13.0 Å². The van der Waals surface area contributed by atoms with Crippen molar-refractivity contribution in [2.45, 2.75) is 6.92 Å². The molecule has 5 heteroatoms. The predicted octanol–water partition coefficient (Wildman–Crippen LogP) is 1.20. The molecule has 0 spiro atoms. The number of aromatic nitrogens is 3. The summed E-state index contributed by atoms with van der Waals surface area (Å²) in [5.74, 6) is -0.379. The first-order valence-corrected chi connectivity index (χ1v) is 4.54. The van der Waals surface area contributed by atoms with Crippen molar-refractivity contribution >= 4 is 17.0 Å². The molecule has 0 saturated carbocycles. The third-order valence-electron chi connectivity index (χ3n) is 1.87. The number of fused-ring (bicyclic) bond motifs is 1. The number of rotatable bonds is 2. The second-order valence-electron chi connectivity index (χ2n) is 2.88. The van der Waals surface area contributed by atoms with Crippen LogP contribution in [-0.2, 0) is 4.74 Å². The van der Waals surface area contributed by atoms with Crippen LogP contribution in [0.5, 0.6) is 0 Å². The Bertz CT molecular complexity index is 499. The average Bonchev–Trinajstić information content (AvgIpc) is 2.29. The van der Waals surface area contributed by atoms with Gasteiger partial charge in [0.15, 0.2) is 5.65 Å². The van der Waals surface area contributed by atoms with Gasteiger partial charge in [-0.3, -0.25) is 0 Å². The maximum Gasteiger partial charge on any atom is 0.339 e. The average molecular weight is 203 g/mol. The van der Waals surface area contributed by atoms with Gasteiger partial charge in [-0.25, -0.2) is 19.7 Å². The van der Waals surface area contributed by atoms with Crippen LogP contribution in [0.4, 0.5) is 0 Å². The van der Waals surface area contributed by atoms with Crippen LogP contribution in [0.3, 0.4) is 0 Å². The molecule has 2 rings (SSSR count).